The zero-order chi connectivity index (χ0) is 9.61. The summed E-state index contributed by atoms with van der Waals surface area (Å²) >= 11 is 0. The number of sulfone groups is 1. The van der Waals surface area contributed by atoms with E-state index in [2.05, 4.69) is 5.32 Å². The van der Waals surface area contributed by atoms with Crippen LogP contribution in [0.1, 0.15) is 13.3 Å². The Morgan fingerprint density at radius 3 is 2.50 bits per heavy atom. The molecule has 5 heteroatoms. The number of nitrogens with zero attached hydrogens (tertiary/aromatic N) is 1. The minimum atomic E-state index is -2.91. The Kier molecular flexibility index (Phi) is 4.86. The zero-order valence-corrected chi connectivity index (χ0v) is 8.19. The fourth-order valence-electron chi connectivity index (χ4n) is 0.700. The van der Waals surface area contributed by atoms with Gasteiger partial charge in [-0.15, -0.1) is 0 Å². The van der Waals surface area contributed by atoms with Crippen LogP contribution in [-0.4, -0.2) is 33.0 Å². The van der Waals surface area contributed by atoms with E-state index in [0.29, 0.717) is 13.0 Å². The van der Waals surface area contributed by atoms with Crippen LogP contribution < -0.4 is 5.32 Å². The molecule has 0 saturated carbocycles. The molecule has 0 saturated heterocycles. The molecule has 4 nitrogen and oxygen atoms in total. The highest BCUT2D eigenvalue weighted by molar-refractivity contribution is 7.90. The number of hydrogen-bond acceptors (Lipinski definition) is 4. The van der Waals surface area contributed by atoms with E-state index in [1.165, 1.54) is 6.26 Å². The predicted octanol–water partition coefficient (Wildman–Crippen LogP) is -0.0772. The van der Waals surface area contributed by atoms with Crippen LogP contribution in [0.5, 0.6) is 0 Å². The van der Waals surface area contributed by atoms with Gasteiger partial charge in [0.05, 0.1) is 17.9 Å². The minimum Gasteiger partial charge on any atom is -0.301 e. The van der Waals surface area contributed by atoms with Crippen molar-refractivity contribution in [1.29, 1.82) is 5.26 Å². The molecule has 0 aliphatic heterocycles. The van der Waals surface area contributed by atoms with Crippen LogP contribution in [0.3, 0.4) is 0 Å². The summed E-state index contributed by atoms with van der Waals surface area (Å²) in [6.45, 7) is 2.23. The Morgan fingerprint density at radius 1 is 1.58 bits per heavy atom. The van der Waals surface area contributed by atoms with E-state index in [1.807, 2.05) is 13.0 Å². The Morgan fingerprint density at radius 2 is 2.17 bits per heavy atom. The van der Waals surface area contributed by atoms with Gasteiger partial charge in [0.25, 0.3) is 0 Å². The van der Waals surface area contributed by atoms with E-state index in [0.717, 1.165) is 0 Å². The maximum absolute atomic E-state index is 10.7. The van der Waals surface area contributed by atoms with Crippen molar-refractivity contribution >= 4 is 9.84 Å². The summed E-state index contributed by atoms with van der Waals surface area (Å²) in [6.07, 6.45) is 1.88. The zero-order valence-electron chi connectivity index (χ0n) is 7.37. The fraction of sp³-hybridized carbons (Fsp3) is 0.857. The fourth-order valence-corrected chi connectivity index (χ4v) is 1.19. The molecule has 0 spiro atoms. The van der Waals surface area contributed by atoms with Gasteiger partial charge in [0, 0.05) is 12.8 Å². The van der Waals surface area contributed by atoms with Crippen LogP contribution in [0.2, 0.25) is 0 Å². The molecule has 0 aliphatic carbocycles. The summed E-state index contributed by atoms with van der Waals surface area (Å²) in [5.41, 5.74) is 0. The van der Waals surface area contributed by atoms with Crippen LogP contribution in [0, 0.1) is 11.3 Å². The first kappa shape index (κ1) is 11.4. The summed E-state index contributed by atoms with van der Waals surface area (Å²) in [5.74, 6) is 0.0885. The lowest BCUT2D eigenvalue weighted by Gasteiger charge is -2.06. The van der Waals surface area contributed by atoms with Gasteiger partial charge in [0.15, 0.2) is 0 Å². The largest absolute Gasteiger partial charge is 0.301 e. The normalized spacial score (nSPS) is 13.8. The van der Waals surface area contributed by atoms with Crippen molar-refractivity contribution in [2.24, 2.45) is 0 Å². The number of nitriles is 1. The third-order valence-electron chi connectivity index (χ3n) is 1.43. The van der Waals surface area contributed by atoms with Crippen molar-refractivity contribution in [2.45, 2.75) is 19.4 Å². The van der Waals surface area contributed by atoms with Crippen molar-refractivity contribution < 1.29 is 8.42 Å². The van der Waals surface area contributed by atoms with Crippen molar-refractivity contribution in [3.8, 4) is 6.07 Å². The molecule has 0 aromatic rings. The summed E-state index contributed by atoms with van der Waals surface area (Å²) < 4.78 is 21.3. The molecule has 0 rings (SSSR count). The van der Waals surface area contributed by atoms with Gasteiger partial charge >= 0.3 is 0 Å². The number of rotatable bonds is 5. The lowest BCUT2D eigenvalue weighted by Crippen LogP contribution is -2.31. The molecule has 0 aliphatic rings. The first-order valence-electron chi connectivity index (χ1n) is 3.80. The molecule has 0 fully saturated rings. The average Bonchev–Trinajstić information content (AvgIpc) is 1.96. The predicted molar refractivity (Wildman–Crippen MR) is 47.4 cm³/mol. The molecule has 1 N–H and O–H groups in total. The molecule has 1 atom stereocenters. The average molecular weight is 190 g/mol. The summed E-state index contributed by atoms with van der Waals surface area (Å²) in [4.78, 5) is 0. The van der Waals surface area contributed by atoms with Gasteiger partial charge in [-0.2, -0.15) is 5.26 Å². The molecule has 12 heavy (non-hydrogen) atoms. The van der Waals surface area contributed by atoms with Crippen LogP contribution in [-0.2, 0) is 9.84 Å². The molecular weight excluding hydrogens is 176 g/mol. The Balaban J connectivity index is 3.64. The molecule has 0 amide bonds. The van der Waals surface area contributed by atoms with Gasteiger partial charge in [-0.05, 0) is 6.42 Å². The molecule has 0 bridgehead atoms. The molecule has 0 aromatic carbocycles. The standard InChI is InChI=1S/C7H14N2O2S/c1-3-7(6-8)9-4-5-12(2,10)11/h7,9H,3-5H2,1-2H3. The second kappa shape index (κ2) is 5.12. The van der Waals surface area contributed by atoms with Gasteiger partial charge in [-0.1, -0.05) is 6.92 Å². The van der Waals surface area contributed by atoms with Crippen molar-refractivity contribution in [1.82, 2.24) is 5.32 Å². The van der Waals surface area contributed by atoms with E-state index in [1.54, 1.807) is 0 Å². The van der Waals surface area contributed by atoms with Gasteiger partial charge in [-0.25, -0.2) is 8.42 Å². The van der Waals surface area contributed by atoms with E-state index >= 15 is 0 Å². The topological polar surface area (TPSA) is 70.0 Å². The second-order valence-electron chi connectivity index (χ2n) is 2.67. The van der Waals surface area contributed by atoms with Gasteiger partial charge in [0.1, 0.15) is 9.84 Å². The summed E-state index contributed by atoms with van der Waals surface area (Å²) in [7, 11) is -2.91. The van der Waals surface area contributed by atoms with E-state index < -0.39 is 9.84 Å². The molecule has 0 radical (unpaired) electrons. The Labute approximate surface area is 73.5 Å². The smallest absolute Gasteiger partial charge is 0.148 e. The molecule has 1 unspecified atom stereocenters. The highest BCUT2D eigenvalue weighted by atomic mass is 32.2. The van der Waals surface area contributed by atoms with Crippen LogP contribution in [0.25, 0.3) is 0 Å². The molecule has 70 valence electrons. The van der Waals surface area contributed by atoms with Gasteiger partial charge < -0.3 is 5.32 Å². The van der Waals surface area contributed by atoms with Crippen LogP contribution in [0.15, 0.2) is 0 Å². The van der Waals surface area contributed by atoms with Crippen molar-refractivity contribution in [3.05, 3.63) is 0 Å². The van der Waals surface area contributed by atoms with Gasteiger partial charge in [0.2, 0.25) is 0 Å². The van der Waals surface area contributed by atoms with E-state index in [-0.39, 0.29) is 11.8 Å². The van der Waals surface area contributed by atoms with Crippen LogP contribution in [0.4, 0.5) is 0 Å². The third kappa shape index (κ3) is 6.13. The van der Waals surface area contributed by atoms with Crippen LogP contribution >= 0.6 is 0 Å². The highest BCUT2D eigenvalue weighted by Gasteiger charge is 2.05. The maximum Gasteiger partial charge on any atom is 0.148 e. The summed E-state index contributed by atoms with van der Waals surface area (Å²) in [5, 5.41) is 11.3. The third-order valence-corrected chi connectivity index (χ3v) is 2.37. The molecule has 0 heterocycles. The summed E-state index contributed by atoms with van der Waals surface area (Å²) in [6, 6.07) is 1.80. The second-order valence-corrected chi connectivity index (χ2v) is 4.93. The first-order chi connectivity index (χ1) is 5.49. The first-order valence-corrected chi connectivity index (χ1v) is 5.86. The SMILES string of the molecule is CCC(C#N)NCCS(C)(=O)=O. The Bertz CT molecular complexity index is 253. The lowest BCUT2D eigenvalue weighted by molar-refractivity contribution is 0.581. The monoisotopic (exact) mass is 190 g/mol. The van der Waals surface area contributed by atoms with Gasteiger partial charge in [-0.3, -0.25) is 0 Å². The highest BCUT2D eigenvalue weighted by Crippen LogP contribution is 1.88. The molecule has 0 aromatic heterocycles. The van der Waals surface area contributed by atoms with Crippen molar-refractivity contribution in [2.75, 3.05) is 18.6 Å². The number of nitrogens with one attached hydrogen (secondary N) is 1. The van der Waals surface area contributed by atoms with Crippen molar-refractivity contribution in [3.63, 3.8) is 0 Å². The van der Waals surface area contributed by atoms with E-state index in [9.17, 15) is 8.42 Å². The Hall–Kier alpha value is -0.600. The maximum atomic E-state index is 10.7. The quantitative estimate of drug-likeness (QED) is 0.658. The lowest BCUT2D eigenvalue weighted by atomic mass is 10.2. The van der Waals surface area contributed by atoms with E-state index in [4.69, 9.17) is 5.26 Å². The minimum absolute atomic E-state index is 0.0885. The molecular formula is C7H14N2O2S. The number of hydrogen-bond donors (Lipinski definition) is 1.